The number of aromatic nitrogens is 1. The Bertz CT molecular complexity index is 592. The fraction of sp³-hybridized carbons (Fsp3) is 0.421. The molecule has 1 atom stereocenters. The molecule has 1 N–H and O–H groups in total. The number of rotatable bonds is 5. The fourth-order valence-corrected chi connectivity index (χ4v) is 3.29. The van der Waals surface area contributed by atoms with Gasteiger partial charge in [-0.15, -0.1) is 0 Å². The number of nitrogens with zero attached hydrogens (tertiary/aromatic N) is 2. The highest BCUT2D eigenvalue weighted by Gasteiger charge is 2.22. The second-order valence-electron chi connectivity index (χ2n) is 6.15. The van der Waals surface area contributed by atoms with Gasteiger partial charge in [0, 0.05) is 43.3 Å². The third kappa shape index (κ3) is 4.08. The summed E-state index contributed by atoms with van der Waals surface area (Å²) in [5.74, 6) is -0.173. The molecule has 0 radical (unpaired) electrons. The summed E-state index contributed by atoms with van der Waals surface area (Å²) in [6, 6.07) is 11.9. The van der Waals surface area contributed by atoms with Crippen LogP contribution in [0.1, 0.15) is 37.8 Å². The van der Waals surface area contributed by atoms with Gasteiger partial charge in [-0.2, -0.15) is 0 Å². The molecule has 1 fully saturated rings. The second-order valence-corrected chi connectivity index (χ2v) is 6.15. The summed E-state index contributed by atoms with van der Waals surface area (Å²) in [7, 11) is 0. The van der Waals surface area contributed by atoms with Crippen molar-refractivity contribution < 1.29 is 4.39 Å². The van der Waals surface area contributed by atoms with E-state index in [1.54, 1.807) is 0 Å². The normalized spacial score (nSPS) is 17.2. The van der Waals surface area contributed by atoms with Crippen LogP contribution >= 0.6 is 0 Å². The zero-order chi connectivity index (χ0) is 16.1. The molecule has 0 saturated carbocycles. The first-order valence-corrected chi connectivity index (χ1v) is 8.42. The molecule has 0 aliphatic carbocycles. The smallest absolute Gasteiger partial charge is 0.123 e. The quantitative estimate of drug-likeness (QED) is 0.906. The van der Waals surface area contributed by atoms with Gasteiger partial charge in [0.15, 0.2) is 0 Å². The third-order valence-electron chi connectivity index (χ3n) is 4.64. The van der Waals surface area contributed by atoms with Crippen LogP contribution < -0.4 is 10.2 Å². The van der Waals surface area contributed by atoms with Crippen LogP contribution in [0.5, 0.6) is 0 Å². The summed E-state index contributed by atoms with van der Waals surface area (Å²) in [5, 5.41) is 3.79. The zero-order valence-corrected chi connectivity index (χ0v) is 13.6. The summed E-state index contributed by atoms with van der Waals surface area (Å²) in [4.78, 5) is 6.44. The first kappa shape index (κ1) is 15.9. The van der Waals surface area contributed by atoms with Gasteiger partial charge in [-0.3, -0.25) is 4.98 Å². The van der Waals surface area contributed by atoms with E-state index in [0.717, 1.165) is 38.0 Å². The van der Waals surface area contributed by atoms with E-state index < -0.39 is 0 Å². The van der Waals surface area contributed by atoms with Gasteiger partial charge < -0.3 is 10.2 Å². The molecule has 3 rings (SSSR count). The van der Waals surface area contributed by atoms with Crippen molar-refractivity contribution in [2.75, 3.05) is 18.0 Å². The first-order valence-electron chi connectivity index (χ1n) is 8.42. The van der Waals surface area contributed by atoms with Crippen LogP contribution in [0.4, 0.5) is 10.1 Å². The first-order chi connectivity index (χ1) is 11.3. The Morgan fingerprint density at radius 3 is 2.39 bits per heavy atom. The summed E-state index contributed by atoms with van der Waals surface area (Å²) in [6.07, 6.45) is 7.01. The van der Waals surface area contributed by atoms with E-state index in [2.05, 4.69) is 34.3 Å². The van der Waals surface area contributed by atoms with Crippen molar-refractivity contribution in [3.63, 3.8) is 0 Å². The van der Waals surface area contributed by atoms with Crippen LogP contribution in [-0.2, 0) is 0 Å². The minimum absolute atomic E-state index is 0.173. The van der Waals surface area contributed by atoms with E-state index in [-0.39, 0.29) is 5.82 Å². The van der Waals surface area contributed by atoms with Gasteiger partial charge in [0.05, 0.1) is 0 Å². The van der Waals surface area contributed by atoms with E-state index >= 15 is 0 Å². The summed E-state index contributed by atoms with van der Waals surface area (Å²) in [6.45, 7) is 4.23. The van der Waals surface area contributed by atoms with E-state index in [9.17, 15) is 4.39 Å². The van der Waals surface area contributed by atoms with Crippen molar-refractivity contribution >= 4 is 5.69 Å². The molecule has 2 aromatic rings. The summed E-state index contributed by atoms with van der Waals surface area (Å²) in [5.41, 5.74) is 2.43. The Morgan fingerprint density at radius 1 is 1.13 bits per heavy atom. The van der Waals surface area contributed by atoms with Crippen LogP contribution in [0, 0.1) is 5.82 Å². The molecular weight excluding hydrogens is 289 g/mol. The minimum Gasteiger partial charge on any atom is -0.371 e. The van der Waals surface area contributed by atoms with Gasteiger partial charge in [-0.1, -0.05) is 6.92 Å². The maximum atomic E-state index is 13.0. The minimum atomic E-state index is -0.173. The average molecular weight is 313 g/mol. The Labute approximate surface area is 137 Å². The molecule has 0 amide bonds. The third-order valence-corrected chi connectivity index (χ3v) is 4.64. The van der Waals surface area contributed by atoms with Gasteiger partial charge in [-0.05, 0) is 61.2 Å². The van der Waals surface area contributed by atoms with Gasteiger partial charge in [0.25, 0.3) is 0 Å². The van der Waals surface area contributed by atoms with Crippen molar-refractivity contribution in [3.8, 4) is 0 Å². The Hall–Kier alpha value is -1.94. The standard InChI is InChI=1S/C19H24FN3/c1-2-19(15-7-11-21-12-8-15)22-17-9-13-23(14-10-17)18-5-3-16(20)4-6-18/h3-8,11-12,17,19,22H,2,9-10,13-14H2,1H3/t19-/m1/s1. The molecule has 1 aliphatic rings. The monoisotopic (exact) mass is 313 g/mol. The van der Waals surface area contributed by atoms with E-state index in [1.165, 1.54) is 17.7 Å². The van der Waals surface area contributed by atoms with Crippen LogP contribution in [0.25, 0.3) is 0 Å². The molecule has 1 saturated heterocycles. The van der Waals surface area contributed by atoms with Crippen molar-refractivity contribution in [2.24, 2.45) is 0 Å². The van der Waals surface area contributed by atoms with Gasteiger partial charge >= 0.3 is 0 Å². The maximum Gasteiger partial charge on any atom is 0.123 e. The number of hydrogen-bond donors (Lipinski definition) is 1. The molecule has 4 heteroatoms. The molecule has 2 heterocycles. The largest absolute Gasteiger partial charge is 0.371 e. The summed E-state index contributed by atoms with van der Waals surface area (Å²) >= 11 is 0. The molecule has 0 spiro atoms. The predicted molar refractivity (Wildman–Crippen MR) is 92.0 cm³/mol. The van der Waals surface area contributed by atoms with Crippen molar-refractivity contribution in [3.05, 3.63) is 60.2 Å². The van der Waals surface area contributed by atoms with Gasteiger partial charge in [-0.25, -0.2) is 4.39 Å². The highest BCUT2D eigenvalue weighted by atomic mass is 19.1. The van der Waals surface area contributed by atoms with Crippen molar-refractivity contribution in [1.29, 1.82) is 0 Å². The lowest BCUT2D eigenvalue weighted by molar-refractivity contribution is 0.364. The molecule has 0 unspecified atom stereocenters. The lowest BCUT2D eigenvalue weighted by Crippen LogP contribution is -2.43. The lowest BCUT2D eigenvalue weighted by Gasteiger charge is -2.36. The Morgan fingerprint density at radius 2 is 1.78 bits per heavy atom. The number of benzene rings is 1. The number of hydrogen-bond acceptors (Lipinski definition) is 3. The molecule has 3 nitrogen and oxygen atoms in total. The SMILES string of the molecule is CC[C@@H](NC1CCN(c2ccc(F)cc2)CC1)c1ccncc1. The Kier molecular flexibility index (Phi) is 5.23. The van der Waals surface area contributed by atoms with E-state index in [0.29, 0.717) is 12.1 Å². The van der Waals surface area contributed by atoms with Gasteiger partial charge in [0.1, 0.15) is 5.82 Å². The fourth-order valence-electron chi connectivity index (χ4n) is 3.29. The molecular formula is C19H24FN3. The Balaban J connectivity index is 1.55. The van der Waals surface area contributed by atoms with Gasteiger partial charge in [0.2, 0.25) is 0 Å². The lowest BCUT2D eigenvalue weighted by atomic mass is 9.99. The molecule has 0 bridgehead atoms. The number of halogens is 1. The van der Waals surface area contributed by atoms with Crippen LogP contribution in [0.2, 0.25) is 0 Å². The van der Waals surface area contributed by atoms with Crippen LogP contribution in [-0.4, -0.2) is 24.1 Å². The summed E-state index contributed by atoms with van der Waals surface area (Å²) < 4.78 is 13.0. The molecule has 1 aromatic carbocycles. The maximum absolute atomic E-state index is 13.0. The van der Waals surface area contributed by atoms with Crippen molar-refractivity contribution in [1.82, 2.24) is 10.3 Å². The molecule has 23 heavy (non-hydrogen) atoms. The van der Waals surface area contributed by atoms with Crippen LogP contribution in [0.15, 0.2) is 48.8 Å². The highest BCUT2D eigenvalue weighted by Crippen LogP contribution is 2.23. The van der Waals surface area contributed by atoms with E-state index in [1.807, 2.05) is 24.5 Å². The highest BCUT2D eigenvalue weighted by molar-refractivity contribution is 5.46. The number of pyridine rings is 1. The average Bonchev–Trinajstić information content (AvgIpc) is 2.62. The molecule has 122 valence electrons. The second kappa shape index (κ2) is 7.55. The number of nitrogens with one attached hydrogen (secondary N) is 1. The molecule has 1 aliphatic heterocycles. The predicted octanol–water partition coefficient (Wildman–Crippen LogP) is 3.93. The molecule has 1 aromatic heterocycles. The van der Waals surface area contributed by atoms with E-state index in [4.69, 9.17) is 0 Å². The van der Waals surface area contributed by atoms with Crippen LogP contribution in [0.3, 0.4) is 0 Å². The topological polar surface area (TPSA) is 28.2 Å². The number of piperidine rings is 1. The number of anilines is 1. The zero-order valence-electron chi connectivity index (χ0n) is 13.6. The van der Waals surface area contributed by atoms with Crippen molar-refractivity contribution in [2.45, 2.75) is 38.3 Å².